The Hall–Kier alpha value is -3.93. The van der Waals surface area contributed by atoms with Crippen LogP contribution in [0.25, 0.3) is 11.1 Å². The summed E-state index contributed by atoms with van der Waals surface area (Å²) in [7, 11) is 0. The van der Waals surface area contributed by atoms with Gasteiger partial charge in [-0.1, -0.05) is 72.8 Å². The zero-order valence-corrected chi connectivity index (χ0v) is 19.0. The minimum absolute atomic E-state index is 0.168. The van der Waals surface area contributed by atoms with Gasteiger partial charge in [-0.3, -0.25) is 19.3 Å². The molecule has 3 aromatic rings. The highest BCUT2D eigenvalue weighted by molar-refractivity contribution is 6.05. The Bertz CT molecular complexity index is 1170. The monoisotopic (exact) mass is 453 g/mol. The predicted octanol–water partition coefficient (Wildman–Crippen LogP) is 3.89. The first kappa shape index (κ1) is 21.9. The van der Waals surface area contributed by atoms with Crippen LogP contribution in [0, 0.1) is 0 Å². The quantitative estimate of drug-likeness (QED) is 0.550. The van der Waals surface area contributed by atoms with E-state index in [0.717, 1.165) is 11.3 Å². The smallest absolute Gasteiger partial charge is 0.250 e. The van der Waals surface area contributed by atoms with Crippen molar-refractivity contribution in [2.24, 2.45) is 0 Å². The fourth-order valence-corrected chi connectivity index (χ4v) is 4.79. The van der Waals surface area contributed by atoms with Gasteiger partial charge in [0, 0.05) is 44.7 Å². The molecule has 5 rings (SSSR count). The van der Waals surface area contributed by atoms with Gasteiger partial charge < -0.3 is 9.80 Å². The first-order chi connectivity index (χ1) is 16.6. The molecule has 0 aliphatic carbocycles. The lowest BCUT2D eigenvalue weighted by molar-refractivity contribution is -0.151. The average Bonchev–Trinajstić information content (AvgIpc) is 3.23. The van der Waals surface area contributed by atoms with Crippen LogP contribution in [0.2, 0.25) is 0 Å². The highest BCUT2D eigenvalue weighted by atomic mass is 16.2. The summed E-state index contributed by atoms with van der Waals surface area (Å²) in [5, 5.41) is 0. The lowest BCUT2D eigenvalue weighted by Gasteiger charge is -2.39. The van der Waals surface area contributed by atoms with Crippen molar-refractivity contribution < 1.29 is 14.4 Å². The van der Waals surface area contributed by atoms with Crippen molar-refractivity contribution in [1.82, 2.24) is 9.80 Å². The summed E-state index contributed by atoms with van der Waals surface area (Å²) in [4.78, 5) is 43.9. The minimum Gasteiger partial charge on any atom is -0.368 e. The first-order valence-corrected chi connectivity index (χ1v) is 11.7. The largest absolute Gasteiger partial charge is 0.368 e. The van der Waals surface area contributed by atoms with Crippen molar-refractivity contribution >= 4 is 23.4 Å². The number of likely N-dealkylation sites (tertiary alicyclic amines) is 1. The van der Waals surface area contributed by atoms with Gasteiger partial charge in [0.25, 0.3) is 5.91 Å². The number of nitrogens with zero attached hydrogens (tertiary/aromatic N) is 3. The lowest BCUT2D eigenvalue weighted by atomic mass is 10.0. The molecule has 2 aliphatic rings. The molecular weight excluding hydrogens is 426 g/mol. The SMILES string of the molecule is O=C(C(c1ccccc1)N1C(=O)CCC1=O)N1CCN(c2cccc(-c3ccccc3)c2)CC1. The Morgan fingerprint density at radius 1 is 0.676 bits per heavy atom. The van der Waals surface area contributed by atoms with Crippen molar-refractivity contribution in [2.75, 3.05) is 31.1 Å². The van der Waals surface area contributed by atoms with E-state index in [1.54, 1.807) is 4.90 Å². The highest BCUT2D eigenvalue weighted by Crippen LogP contribution is 2.30. The van der Waals surface area contributed by atoms with Gasteiger partial charge in [-0.25, -0.2) is 0 Å². The second kappa shape index (κ2) is 9.51. The summed E-state index contributed by atoms with van der Waals surface area (Å²) in [5.74, 6) is -0.736. The molecule has 172 valence electrons. The molecule has 0 spiro atoms. The summed E-state index contributed by atoms with van der Waals surface area (Å²) in [5.41, 5.74) is 4.13. The molecule has 1 atom stereocenters. The number of hydrogen-bond donors (Lipinski definition) is 0. The van der Waals surface area contributed by atoms with E-state index < -0.39 is 6.04 Å². The molecule has 3 amide bonds. The molecule has 6 nitrogen and oxygen atoms in total. The fraction of sp³-hybridized carbons (Fsp3) is 0.250. The maximum absolute atomic E-state index is 13.6. The van der Waals surface area contributed by atoms with Crippen LogP contribution in [-0.4, -0.2) is 53.7 Å². The molecule has 0 bridgehead atoms. The summed E-state index contributed by atoms with van der Waals surface area (Å²) in [6, 6.07) is 27.0. The number of carbonyl (C=O) groups is 3. The highest BCUT2D eigenvalue weighted by Gasteiger charge is 2.41. The number of benzene rings is 3. The van der Waals surface area contributed by atoms with Gasteiger partial charge in [0.05, 0.1) is 0 Å². The first-order valence-electron chi connectivity index (χ1n) is 11.7. The summed E-state index contributed by atoms with van der Waals surface area (Å²) in [6.07, 6.45) is 0.335. The second-order valence-corrected chi connectivity index (χ2v) is 8.70. The van der Waals surface area contributed by atoms with Crippen LogP contribution >= 0.6 is 0 Å². The van der Waals surface area contributed by atoms with Gasteiger partial charge in [-0.2, -0.15) is 0 Å². The van der Waals surface area contributed by atoms with Gasteiger partial charge in [-0.05, 0) is 28.8 Å². The van der Waals surface area contributed by atoms with Crippen molar-refractivity contribution in [3.8, 4) is 11.1 Å². The topological polar surface area (TPSA) is 60.9 Å². The van der Waals surface area contributed by atoms with E-state index in [0.29, 0.717) is 31.7 Å². The third-order valence-corrected chi connectivity index (χ3v) is 6.61. The molecule has 1 unspecified atom stereocenters. The number of carbonyl (C=O) groups excluding carboxylic acids is 3. The number of amides is 3. The van der Waals surface area contributed by atoms with Crippen LogP contribution in [0.1, 0.15) is 24.4 Å². The molecule has 2 aliphatic heterocycles. The van der Waals surface area contributed by atoms with Crippen molar-refractivity contribution in [3.05, 3.63) is 90.5 Å². The molecule has 0 saturated carbocycles. The van der Waals surface area contributed by atoms with Crippen molar-refractivity contribution in [3.63, 3.8) is 0 Å². The predicted molar refractivity (Wildman–Crippen MR) is 131 cm³/mol. The van der Waals surface area contributed by atoms with Gasteiger partial charge >= 0.3 is 0 Å². The van der Waals surface area contributed by atoms with Gasteiger partial charge in [0.1, 0.15) is 6.04 Å². The van der Waals surface area contributed by atoms with Crippen LogP contribution in [0.5, 0.6) is 0 Å². The van der Waals surface area contributed by atoms with Crippen LogP contribution in [0.4, 0.5) is 5.69 Å². The number of piperazine rings is 1. The lowest BCUT2D eigenvalue weighted by Crippen LogP contribution is -2.53. The van der Waals surface area contributed by atoms with Gasteiger partial charge in [0.15, 0.2) is 0 Å². The zero-order chi connectivity index (χ0) is 23.5. The molecule has 6 heteroatoms. The number of imide groups is 1. The van der Waals surface area contributed by atoms with E-state index in [1.165, 1.54) is 10.5 Å². The Kier molecular flexibility index (Phi) is 6.12. The van der Waals surface area contributed by atoms with Crippen LogP contribution < -0.4 is 4.90 Å². The summed E-state index contributed by atoms with van der Waals surface area (Å²) >= 11 is 0. The normalized spacial score (nSPS) is 17.2. The Balaban J connectivity index is 1.32. The van der Waals surface area contributed by atoms with E-state index >= 15 is 0 Å². The molecule has 34 heavy (non-hydrogen) atoms. The van der Waals surface area contributed by atoms with Crippen LogP contribution in [0.3, 0.4) is 0 Å². The molecule has 3 aromatic carbocycles. The number of hydrogen-bond acceptors (Lipinski definition) is 4. The zero-order valence-electron chi connectivity index (χ0n) is 19.0. The standard InChI is InChI=1S/C28H27N3O3/c32-25-14-15-26(33)31(25)27(22-10-5-2-6-11-22)28(34)30-18-16-29(17-19-30)24-13-7-12-23(20-24)21-8-3-1-4-9-21/h1-13,20,27H,14-19H2. The Morgan fingerprint density at radius 3 is 1.91 bits per heavy atom. The number of anilines is 1. The molecular formula is C28H27N3O3. The van der Waals surface area contributed by atoms with Gasteiger partial charge in [-0.15, -0.1) is 0 Å². The maximum Gasteiger partial charge on any atom is 0.250 e. The third kappa shape index (κ3) is 4.31. The van der Waals surface area contributed by atoms with E-state index in [9.17, 15) is 14.4 Å². The second-order valence-electron chi connectivity index (χ2n) is 8.70. The van der Waals surface area contributed by atoms with E-state index in [4.69, 9.17) is 0 Å². The molecule has 0 aromatic heterocycles. The van der Waals surface area contributed by atoms with Crippen molar-refractivity contribution in [2.45, 2.75) is 18.9 Å². The molecule has 2 heterocycles. The molecule has 0 radical (unpaired) electrons. The summed E-state index contributed by atoms with van der Waals surface area (Å²) in [6.45, 7) is 2.45. The molecule has 0 N–H and O–H groups in total. The van der Waals surface area contributed by atoms with Crippen molar-refractivity contribution in [1.29, 1.82) is 0 Å². The average molecular weight is 454 g/mol. The minimum atomic E-state index is -0.892. The molecule has 2 fully saturated rings. The van der Waals surface area contributed by atoms with E-state index in [-0.39, 0.29) is 30.6 Å². The molecule has 2 saturated heterocycles. The van der Waals surface area contributed by atoms with Gasteiger partial charge in [0.2, 0.25) is 11.8 Å². The Morgan fingerprint density at radius 2 is 1.26 bits per heavy atom. The number of rotatable bonds is 5. The van der Waals surface area contributed by atoms with E-state index in [1.807, 2.05) is 48.5 Å². The third-order valence-electron chi connectivity index (χ3n) is 6.61. The van der Waals surface area contributed by atoms with Crippen LogP contribution in [-0.2, 0) is 14.4 Å². The maximum atomic E-state index is 13.6. The van der Waals surface area contributed by atoms with Crippen LogP contribution in [0.15, 0.2) is 84.9 Å². The summed E-state index contributed by atoms with van der Waals surface area (Å²) < 4.78 is 0. The Labute approximate surface area is 199 Å². The van der Waals surface area contributed by atoms with E-state index in [2.05, 4.69) is 41.3 Å². The fourth-order valence-electron chi connectivity index (χ4n) is 4.79.